The smallest absolute Gasteiger partial charge is 0.269 e. The van der Waals surface area contributed by atoms with Crippen molar-refractivity contribution in [2.24, 2.45) is 0 Å². The van der Waals surface area contributed by atoms with Crippen LogP contribution in [0.3, 0.4) is 0 Å². The number of fused-ring (bicyclic) bond motifs is 1. The predicted molar refractivity (Wildman–Crippen MR) is 103 cm³/mol. The Kier molecular flexibility index (Phi) is 4.33. The van der Waals surface area contributed by atoms with E-state index in [1.165, 1.54) is 12.1 Å². The van der Waals surface area contributed by atoms with Crippen LogP contribution in [0.5, 0.6) is 0 Å². The molecule has 136 valence electrons. The fourth-order valence-corrected chi connectivity index (χ4v) is 3.89. The van der Waals surface area contributed by atoms with E-state index in [4.69, 9.17) is 0 Å². The first-order chi connectivity index (χ1) is 13.0. The van der Waals surface area contributed by atoms with Crippen LogP contribution >= 0.6 is 11.3 Å². The average molecular weight is 380 g/mol. The summed E-state index contributed by atoms with van der Waals surface area (Å²) in [5, 5.41) is 16.3. The van der Waals surface area contributed by atoms with Crippen LogP contribution in [0, 0.1) is 17.0 Å². The molecule has 1 atom stereocenters. The van der Waals surface area contributed by atoms with Crippen molar-refractivity contribution in [2.45, 2.75) is 19.6 Å². The van der Waals surface area contributed by atoms with Crippen LogP contribution in [0.15, 0.2) is 54.0 Å². The summed E-state index contributed by atoms with van der Waals surface area (Å²) >= 11 is 1.59. The Labute approximate surface area is 159 Å². The summed E-state index contributed by atoms with van der Waals surface area (Å²) in [6.45, 7) is 2.27. The van der Waals surface area contributed by atoms with Crippen LogP contribution in [0.2, 0.25) is 0 Å². The van der Waals surface area contributed by atoms with E-state index in [2.05, 4.69) is 10.3 Å². The third kappa shape index (κ3) is 3.15. The van der Waals surface area contributed by atoms with E-state index in [1.807, 2.05) is 17.5 Å². The lowest BCUT2D eigenvalue weighted by molar-refractivity contribution is -0.384. The van der Waals surface area contributed by atoms with Crippen LogP contribution in [0.1, 0.15) is 32.7 Å². The molecule has 0 spiro atoms. The van der Waals surface area contributed by atoms with Gasteiger partial charge in [0.05, 0.1) is 22.7 Å². The molecule has 3 aromatic rings. The molecule has 1 aliphatic heterocycles. The van der Waals surface area contributed by atoms with Crippen molar-refractivity contribution in [1.82, 2.24) is 9.88 Å². The number of carbonyl (C=O) groups excluding carboxylic acids is 1. The van der Waals surface area contributed by atoms with E-state index in [1.54, 1.807) is 47.6 Å². The standard InChI is InChI=1S/C19H16N4O3S/c1-12-10-13(23(25)26)6-7-16(12)21-18-17-15(5-2-8-20-17)19(24)22(18)11-14-4-3-9-27-14/h2-10,18,21H,11H2,1H3/t18-/m0/s1. The van der Waals surface area contributed by atoms with Crippen LogP contribution in [-0.2, 0) is 6.54 Å². The second kappa shape index (κ2) is 6.81. The number of non-ortho nitro benzene ring substituents is 1. The maximum atomic E-state index is 12.9. The summed E-state index contributed by atoms with van der Waals surface area (Å²) in [6, 6.07) is 12.1. The van der Waals surface area contributed by atoms with Gasteiger partial charge in [0.2, 0.25) is 0 Å². The van der Waals surface area contributed by atoms with Crippen LogP contribution in [0.4, 0.5) is 11.4 Å². The normalized spacial score (nSPS) is 15.7. The first kappa shape index (κ1) is 17.2. The van der Waals surface area contributed by atoms with Gasteiger partial charge in [-0.3, -0.25) is 19.9 Å². The van der Waals surface area contributed by atoms with E-state index in [0.717, 1.165) is 16.1 Å². The van der Waals surface area contributed by atoms with Gasteiger partial charge < -0.3 is 10.2 Å². The Balaban J connectivity index is 1.69. The quantitative estimate of drug-likeness (QED) is 0.531. The monoisotopic (exact) mass is 380 g/mol. The Morgan fingerprint density at radius 3 is 2.85 bits per heavy atom. The highest BCUT2D eigenvalue weighted by Crippen LogP contribution is 2.35. The number of aromatic nitrogens is 1. The Hall–Kier alpha value is -3.26. The topological polar surface area (TPSA) is 88.4 Å². The second-order valence-electron chi connectivity index (χ2n) is 6.25. The highest BCUT2D eigenvalue weighted by molar-refractivity contribution is 7.09. The molecule has 0 aliphatic carbocycles. The molecule has 2 aromatic heterocycles. The van der Waals surface area contributed by atoms with Crippen molar-refractivity contribution >= 4 is 28.6 Å². The molecule has 0 unspecified atom stereocenters. The number of hydrogen-bond acceptors (Lipinski definition) is 6. The second-order valence-corrected chi connectivity index (χ2v) is 7.28. The Morgan fingerprint density at radius 2 is 2.15 bits per heavy atom. The van der Waals surface area contributed by atoms with Gasteiger partial charge in [0, 0.05) is 28.9 Å². The van der Waals surface area contributed by atoms with Gasteiger partial charge in [-0.15, -0.1) is 11.3 Å². The van der Waals surface area contributed by atoms with Crippen molar-refractivity contribution in [3.8, 4) is 0 Å². The molecule has 0 fully saturated rings. The number of thiophene rings is 1. The number of nitro benzene ring substituents is 1. The highest BCUT2D eigenvalue weighted by atomic mass is 32.1. The van der Waals surface area contributed by atoms with Gasteiger partial charge in [-0.25, -0.2) is 0 Å². The van der Waals surface area contributed by atoms with Gasteiger partial charge in [-0.2, -0.15) is 0 Å². The minimum absolute atomic E-state index is 0.0366. The molecular weight excluding hydrogens is 364 g/mol. The van der Waals surface area contributed by atoms with E-state index in [0.29, 0.717) is 17.8 Å². The van der Waals surface area contributed by atoms with Crippen molar-refractivity contribution in [3.63, 3.8) is 0 Å². The van der Waals surface area contributed by atoms with Crippen molar-refractivity contribution in [3.05, 3.63) is 85.9 Å². The molecule has 1 N–H and O–H groups in total. The number of rotatable bonds is 5. The summed E-state index contributed by atoms with van der Waals surface area (Å²) < 4.78 is 0. The minimum Gasteiger partial charge on any atom is -0.360 e. The summed E-state index contributed by atoms with van der Waals surface area (Å²) in [5.74, 6) is -0.0800. The fraction of sp³-hybridized carbons (Fsp3) is 0.158. The third-order valence-corrected chi connectivity index (χ3v) is 5.38. The van der Waals surface area contributed by atoms with Crippen LogP contribution in [0.25, 0.3) is 0 Å². The van der Waals surface area contributed by atoms with Crippen LogP contribution < -0.4 is 5.32 Å². The SMILES string of the molecule is Cc1cc([N+](=O)[O-])ccc1N[C@@H]1c2ncccc2C(=O)N1Cc1cccs1. The molecule has 0 saturated heterocycles. The lowest BCUT2D eigenvalue weighted by atomic mass is 10.1. The molecule has 0 radical (unpaired) electrons. The molecule has 1 amide bonds. The Bertz CT molecular complexity index is 1020. The maximum Gasteiger partial charge on any atom is 0.269 e. The van der Waals surface area contributed by atoms with Gasteiger partial charge in [0.1, 0.15) is 6.17 Å². The van der Waals surface area contributed by atoms with Gasteiger partial charge >= 0.3 is 0 Å². The molecule has 1 aromatic carbocycles. The van der Waals surface area contributed by atoms with Crippen molar-refractivity contribution in [2.75, 3.05) is 5.32 Å². The Morgan fingerprint density at radius 1 is 1.30 bits per heavy atom. The number of carbonyl (C=O) groups is 1. The lowest BCUT2D eigenvalue weighted by Gasteiger charge is -2.26. The largest absolute Gasteiger partial charge is 0.360 e. The number of hydrogen-bond donors (Lipinski definition) is 1. The first-order valence-electron chi connectivity index (χ1n) is 8.34. The molecule has 1 aliphatic rings. The predicted octanol–water partition coefficient (Wildman–Crippen LogP) is 4.13. The molecule has 3 heterocycles. The highest BCUT2D eigenvalue weighted by Gasteiger charge is 2.38. The maximum absolute atomic E-state index is 12.9. The number of nitrogens with zero attached hydrogens (tertiary/aromatic N) is 3. The molecule has 27 heavy (non-hydrogen) atoms. The van der Waals surface area contributed by atoms with Gasteiger partial charge in [0.15, 0.2) is 0 Å². The number of nitro groups is 1. The van der Waals surface area contributed by atoms with Crippen molar-refractivity contribution in [1.29, 1.82) is 0 Å². The molecule has 0 bridgehead atoms. The molecule has 0 saturated carbocycles. The summed E-state index contributed by atoms with van der Waals surface area (Å²) in [5.41, 5.74) is 2.74. The molecule has 7 nitrogen and oxygen atoms in total. The summed E-state index contributed by atoms with van der Waals surface area (Å²) in [7, 11) is 0. The van der Waals surface area contributed by atoms with Gasteiger partial charge in [-0.1, -0.05) is 6.07 Å². The summed E-state index contributed by atoms with van der Waals surface area (Å²) in [4.78, 5) is 30.7. The molecule has 8 heteroatoms. The number of anilines is 1. The number of pyridine rings is 1. The van der Waals surface area contributed by atoms with Crippen molar-refractivity contribution < 1.29 is 9.72 Å². The van der Waals surface area contributed by atoms with E-state index in [9.17, 15) is 14.9 Å². The van der Waals surface area contributed by atoms with Crippen LogP contribution in [-0.4, -0.2) is 20.7 Å². The number of aryl methyl sites for hydroxylation is 1. The summed E-state index contributed by atoms with van der Waals surface area (Å²) in [6.07, 6.45) is 1.23. The van der Waals surface area contributed by atoms with E-state index >= 15 is 0 Å². The lowest BCUT2D eigenvalue weighted by Crippen LogP contribution is -2.32. The molecule has 4 rings (SSSR count). The third-order valence-electron chi connectivity index (χ3n) is 4.52. The van der Waals surface area contributed by atoms with Gasteiger partial charge in [0.25, 0.3) is 11.6 Å². The van der Waals surface area contributed by atoms with E-state index < -0.39 is 11.1 Å². The zero-order valence-electron chi connectivity index (χ0n) is 14.5. The number of nitrogens with one attached hydrogen (secondary N) is 1. The fourth-order valence-electron chi connectivity index (χ4n) is 3.19. The van der Waals surface area contributed by atoms with E-state index in [-0.39, 0.29) is 11.6 Å². The molecular formula is C19H16N4O3S. The zero-order valence-corrected chi connectivity index (χ0v) is 15.3. The zero-order chi connectivity index (χ0) is 19.0. The minimum atomic E-state index is -0.434. The number of benzene rings is 1. The number of amides is 1. The average Bonchev–Trinajstić information content (AvgIpc) is 3.26. The van der Waals surface area contributed by atoms with Gasteiger partial charge in [-0.05, 0) is 42.1 Å². The first-order valence-corrected chi connectivity index (χ1v) is 9.22.